The quantitative estimate of drug-likeness (QED) is 0.161. The Balaban J connectivity index is 1.27. The van der Waals surface area contributed by atoms with Crippen LogP contribution in [0, 0.1) is 13.8 Å². The molecule has 10 nitrogen and oxygen atoms in total. The van der Waals surface area contributed by atoms with Crippen LogP contribution in [0.3, 0.4) is 0 Å². The number of urea groups is 1. The van der Waals surface area contributed by atoms with E-state index in [0.717, 1.165) is 39.5 Å². The highest BCUT2D eigenvalue weighted by atomic mass is 16.5. The van der Waals surface area contributed by atoms with Gasteiger partial charge in [0.15, 0.2) is 0 Å². The summed E-state index contributed by atoms with van der Waals surface area (Å²) in [5.41, 5.74) is 5.39. The van der Waals surface area contributed by atoms with Crippen molar-refractivity contribution in [1.29, 1.82) is 0 Å². The van der Waals surface area contributed by atoms with E-state index < -0.39 is 0 Å². The Kier molecular flexibility index (Phi) is 10.2. The summed E-state index contributed by atoms with van der Waals surface area (Å²) in [5.74, 6) is 2.53. The van der Waals surface area contributed by atoms with E-state index in [2.05, 4.69) is 31.4 Å². The van der Waals surface area contributed by atoms with E-state index in [9.17, 15) is 9.59 Å². The van der Waals surface area contributed by atoms with E-state index in [1.165, 1.54) is 0 Å². The van der Waals surface area contributed by atoms with Crippen molar-refractivity contribution < 1.29 is 19.0 Å². The molecule has 250 valence electrons. The number of aromatic nitrogens is 3. The molecule has 3 aromatic carbocycles. The van der Waals surface area contributed by atoms with E-state index in [1.54, 1.807) is 30.4 Å². The molecule has 0 saturated heterocycles. The molecule has 0 bridgehead atoms. The highest BCUT2D eigenvalue weighted by molar-refractivity contribution is 5.88. The first-order valence-corrected chi connectivity index (χ1v) is 15.8. The van der Waals surface area contributed by atoms with Crippen molar-refractivity contribution in [2.45, 2.75) is 59.7 Å². The maximum absolute atomic E-state index is 13.3. The van der Waals surface area contributed by atoms with Gasteiger partial charge in [-0.3, -0.25) is 10.1 Å². The van der Waals surface area contributed by atoms with Crippen LogP contribution in [0.15, 0.2) is 89.7 Å². The van der Waals surface area contributed by atoms with E-state index >= 15 is 0 Å². The summed E-state index contributed by atoms with van der Waals surface area (Å²) in [6, 6.07) is 26.3. The van der Waals surface area contributed by atoms with Crippen LogP contribution in [0.1, 0.15) is 54.4 Å². The van der Waals surface area contributed by atoms with Crippen molar-refractivity contribution >= 4 is 11.8 Å². The summed E-state index contributed by atoms with van der Waals surface area (Å²) in [5, 5.41) is 10.7. The Morgan fingerprint density at radius 1 is 0.854 bits per heavy atom. The van der Waals surface area contributed by atoms with Gasteiger partial charge >= 0.3 is 6.03 Å². The zero-order chi connectivity index (χ0) is 34.4. The van der Waals surface area contributed by atoms with Crippen molar-refractivity contribution in [3.63, 3.8) is 0 Å². The van der Waals surface area contributed by atoms with Crippen molar-refractivity contribution in [3.8, 4) is 22.9 Å². The lowest BCUT2D eigenvalue weighted by atomic mass is 9.92. The smallest absolute Gasteiger partial charge is 0.320 e. The molecule has 10 heteroatoms. The molecule has 5 rings (SSSR count). The average molecular weight is 650 g/mol. The fourth-order valence-electron chi connectivity index (χ4n) is 5.24. The number of hydrogen-bond acceptors (Lipinski definition) is 6. The fourth-order valence-corrected chi connectivity index (χ4v) is 5.24. The predicted molar refractivity (Wildman–Crippen MR) is 188 cm³/mol. The van der Waals surface area contributed by atoms with Crippen LogP contribution in [-0.2, 0) is 25.1 Å². The minimum Gasteiger partial charge on any atom is -0.497 e. The van der Waals surface area contributed by atoms with Gasteiger partial charge in [0.2, 0.25) is 0 Å². The number of carbonyl (C=O) groups is 1. The number of aryl methyl sites for hydroxylation is 1. The van der Waals surface area contributed by atoms with Crippen LogP contribution in [0.2, 0.25) is 0 Å². The number of anilines is 1. The number of benzene rings is 3. The maximum Gasteiger partial charge on any atom is 0.320 e. The molecule has 0 aliphatic rings. The Hall–Kier alpha value is -5.51. The maximum atomic E-state index is 13.3. The van der Waals surface area contributed by atoms with Crippen molar-refractivity contribution in [3.05, 3.63) is 129 Å². The van der Waals surface area contributed by atoms with Gasteiger partial charge in [-0.25, -0.2) is 9.48 Å². The molecular weight excluding hydrogens is 606 g/mol. The van der Waals surface area contributed by atoms with Crippen LogP contribution >= 0.6 is 0 Å². The molecule has 48 heavy (non-hydrogen) atoms. The molecule has 0 atom stereocenters. The van der Waals surface area contributed by atoms with Gasteiger partial charge in [-0.15, -0.1) is 0 Å². The molecule has 0 radical (unpaired) electrons. The molecule has 2 N–H and O–H groups in total. The zero-order valence-electron chi connectivity index (χ0n) is 28.6. The number of carbonyl (C=O) groups excluding carboxylic acids is 1. The van der Waals surface area contributed by atoms with Crippen molar-refractivity contribution in [1.82, 2.24) is 19.7 Å². The normalized spacial score (nSPS) is 11.2. The second-order valence-electron chi connectivity index (χ2n) is 12.7. The van der Waals surface area contributed by atoms with E-state index in [4.69, 9.17) is 19.3 Å². The van der Waals surface area contributed by atoms with Crippen LogP contribution in [0.25, 0.3) is 5.69 Å². The summed E-state index contributed by atoms with van der Waals surface area (Å²) >= 11 is 0. The van der Waals surface area contributed by atoms with E-state index in [1.807, 2.05) is 91.9 Å². The first kappa shape index (κ1) is 33.8. The number of ether oxygens (including phenoxy) is 3. The molecule has 0 aliphatic heterocycles. The summed E-state index contributed by atoms with van der Waals surface area (Å²) < 4.78 is 20.3. The molecule has 0 saturated carbocycles. The van der Waals surface area contributed by atoms with Gasteiger partial charge in [0, 0.05) is 29.8 Å². The minimum absolute atomic E-state index is 0.102. The molecule has 2 amide bonds. The van der Waals surface area contributed by atoms with Crippen LogP contribution in [0.4, 0.5) is 10.6 Å². The third kappa shape index (κ3) is 7.88. The van der Waals surface area contributed by atoms with Gasteiger partial charge in [-0.1, -0.05) is 63.2 Å². The Bertz CT molecular complexity index is 1950. The van der Waals surface area contributed by atoms with Gasteiger partial charge in [0.05, 0.1) is 37.7 Å². The van der Waals surface area contributed by atoms with E-state index in [0.29, 0.717) is 29.4 Å². The first-order valence-electron chi connectivity index (χ1n) is 15.8. The monoisotopic (exact) mass is 649 g/mol. The number of nitrogens with zero attached hydrogens (tertiary/aromatic N) is 3. The van der Waals surface area contributed by atoms with Gasteiger partial charge < -0.3 is 24.1 Å². The summed E-state index contributed by atoms with van der Waals surface area (Å²) in [6.07, 6.45) is 0. The number of pyridine rings is 1. The number of methoxy groups -OCH3 is 2. The largest absolute Gasteiger partial charge is 0.497 e. The second kappa shape index (κ2) is 14.5. The Morgan fingerprint density at radius 2 is 1.56 bits per heavy atom. The van der Waals surface area contributed by atoms with Crippen LogP contribution < -0.4 is 30.4 Å². The fraction of sp³-hybridized carbons (Fsp3) is 0.289. The average Bonchev–Trinajstić information content (AvgIpc) is 3.52. The van der Waals surface area contributed by atoms with Crippen molar-refractivity contribution in [2.75, 3.05) is 19.5 Å². The molecular formula is C38H43N5O5. The molecule has 5 aromatic rings. The number of rotatable bonds is 11. The molecule has 0 unspecified atom stereocenters. The summed E-state index contributed by atoms with van der Waals surface area (Å²) in [4.78, 5) is 26.5. The van der Waals surface area contributed by atoms with E-state index in [-0.39, 0.29) is 30.2 Å². The van der Waals surface area contributed by atoms with Gasteiger partial charge in [-0.05, 0) is 60.9 Å². The zero-order valence-corrected chi connectivity index (χ0v) is 28.6. The molecule has 0 aliphatic carbocycles. The van der Waals surface area contributed by atoms with Crippen molar-refractivity contribution in [2.24, 2.45) is 0 Å². The lowest BCUT2D eigenvalue weighted by Gasteiger charge is -2.17. The van der Waals surface area contributed by atoms with Gasteiger partial charge in [0.25, 0.3) is 5.56 Å². The number of hydrogen-bond donors (Lipinski definition) is 2. The molecule has 0 fully saturated rings. The highest BCUT2D eigenvalue weighted by Crippen LogP contribution is 2.28. The minimum atomic E-state index is -0.373. The van der Waals surface area contributed by atoms with Gasteiger partial charge in [0.1, 0.15) is 29.7 Å². The van der Waals surface area contributed by atoms with Crippen LogP contribution in [-0.4, -0.2) is 34.6 Å². The molecule has 2 aromatic heterocycles. The lowest BCUT2D eigenvalue weighted by molar-refractivity contribution is 0.251. The third-order valence-corrected chi connectivity index (χ3v) is 8.16. The third-order valence-electron chi connectivity index (χ3n) is 8.16. The van der Waals surface area contributed by atoms with Crippen LogP contribution in [0.5, 0.6) is 17.2 Å². The molecule has 2 heterocycles. The topological polar surface area (TPSA) is 109 Å². The first-order chi connectivity index (χ1) is 23.0. The SMILES string of the molecule is COc1ccc(Cn2c(C)cc(OCc3ccccc3CNC(=O)Nc3cc(C(C)(C)C)nn3-c3cccc(OC)c3)c(C)c2=O)cc1. The summed E-state index contributed by atoms with van der Waals surface area (Å²) in [6.45, 7) is 10.9. The second-order valence-corrected chi connectivity index (χ2v) is 12.7. The number of amides is 2. The number of nitrogens with one attached hydrogen (secondary N) is 2. The lowest BCUT2D eigenvalue weighted by Crippen LogP contribution is -2.29. The Labute approximate surface area is 281 Å². The predicted octanol–water partition coefficient (Wildman–Crippen LogP) is 6.91. The van der Waals surface area contributed by atoms with Gasteiger partial charge in [-0.2, -0.15) is 5.10 Å². The highest BCUT2D eigenvalue weighted by Gasteiger charge is 2.22. The Morgan fingerprint density at radius 3 is 2.25 bits per heavy atom. The molecule has 0 spiro atoms. The summed E-state index contributed by atoms with van der Waals surface area (Å²) in [7, 11) is 3.24. The standard InChI is InChI=1S/C38H43N5O5/c1-25-19-33(26(2)36(44)42(25)23-27-15-17-31(46-6)18-16-27)48-24-29-12-9-8-11-28(29)22-39-37(45)40-35-21-34(38(3,4)5)41-43(35)30-13-10-14-32(20-30)47-7/h8-21H,22-24H2,1-7H3,(H2,39,40,45).